The fraction of sp³-hybridized carbons (Fsp3) is 0.947. The van der Waals surface area contributed by atoms with Gasteiger partial charge in [0.25, 0.3) is 0 Å². The van der Waals surface area contributed by atoms with Gasteiger partial charge in [-0.3, -0.25) is 10.1 Å². The molecular weight excluding hydrogens is 292 g/mol. The van der Waals surface area contributed by atoms with E-state index < -0.39 is 0 Å². The van der Waals surface area contributed by atoms with E-state index in [0.717, 1.165) is 44.4 Å². The Balaban J connectivity index is 1.97. The van der Waals surface area contributed by atoms with Crippen LogP contribution in [0.2, 0.25) is 0 Å². The van der Waals surface area contributed by atoms with Crippen LogP contribution in [0.4, 0.5) is 0 Å². The van der Waals surface area contributed by atoms with Crippen molar-refractivity contribution in [2.45, 2.75) is 96.5 Å². The minimum Gasteiger partial charge on any atom is -0.469 e. The van der Waals surface area contributed by atoms with Gasteiger partial charge >= 0.3 is 5.97 Å². The second kappa shape index (κ2) is 12.8. The number of ether oxygens (including phenoxy) is 1. The van der Waals surface area contributed by atoms with Crippen LogP contribution in [-0.2, 0) is 14.4 Å². The molecule has 1 saturated carbocycles. The second-order valence-electron chi connectivity index (χ2n) is 7.04. The zero-order valence-corrected chi connectivity index (χ0v) is 15.1. The van der Waals surface area contributed by atoms with E-state index >= 15 is 0 Å². The van der Waals surface area contributed by atoms with E-state index in [0.29, 0.717) is 12.3 Å². The van der Waals surface area contributed by atoms with Gasteiger partial charge in [0.05, 0.1) is 13.2 Å². The normalized spacial score (nSPS) is 21.2. The third-order valence-corrected chi connectivity index (χ3v) is 5.12. The lowest BCUT2D eigenvalue weighted by Gasteiger charge is -2.13. The summed E-state index contributed by atoms with van der Waals surface area (Å²) in [5, 5.41) is 9.14. The molecule has 136 valence electrons. The third-order valence-electron chi connectivity index (χ3n) is 5.12. The first-order valence-electron chi connectivity index (χ1n) is 9.60. The number of unbranched alkanes of at least 4 members (excludes halogenated alkanes) is 7. The number of hydrogen-bond donors (Lipinski definition) is 1. The average molecular weight is 328 g/mol. The molecule has 1 rings (SSSR count). The summed E-state index contributed by atoms with van der Waals surface area (Å²) < 4.78 is 4.63. The van der Waals surface area contributed by atoms with Gasteiger partial charge in [0.2, 0.25) is 0 Å². The van der Waals surface area contributed by atoms with E-state index in [1.165, 1.54) is 45.6 Å². The van der Waals surface area contributed by atoms with Gasteiger partial charge in [-0.05, 0) is 31.1 Å². The Bertz CT molecular complexity index is 306. The van der Waals surface area contributed by atoms with E-state index in [9.17, 15) is 4.79 Å². The molecule has 0 radical (unpaired) electrons. The Labute approximate surface area is 141 Å². The lowest BCUT2D eigenvalue weighted by molar-refractivity contribution is -0.285. The maximum Gasteiger partial charge on any atom is 0.305 e. The number of carbonyl (C=O) groups is 1. The molecule has 3 unspecified atom stereocenters. The molecule has 0 heterocycles. The first-order chi connectivity index (χ1) is 11.2. The number of esters is 1. The van der Waals surface area contributed by atoms with Crippen molar-refractivity contribution in [2.24, 2.45) is 11.8 Å². The van der Waals surface area contributed by atoms with E-state index in [4.69, 9.17) is 10.1 Å². The summed E-state index contributed by atoms with van der Waals surface area (Å²) in [5.74, 6) is 1.25. The van der Waals surface area contributed by atoms with Crippen LogP contribution in [0, 0.1) is 11.8 Å². The van der Waals surface area contributed by atoms with Crippen LogP contribution >= 0.6 is 0 Å². The van der Waals surface area contributed by atoms with Gasteiger partial charge in [0.15, 0.2) is 0 Å². The van der Waals surface area contributed by atoms with Crippen LogP contribution in [-0.4, -0.2) is 24.4 Å². The molecule has 0 aromatic rings. The summed E-state index contributed by atoms with van der Waals surface area (Å²) in [4.78, 5) is 15.7. The first-order valence-corrected chi connectivity index (χ1v) is 9.60. The quantitative estimate of drug-likeness (QED) is 0.190. The minimum atomic E-state index is -0.113. The maximum absolute atomic E-state index is 11.0. The number of rotatable bonds is 15. The minimum absolute atomic E-state index is 0.0428. The Morgan fingerprint density at radius 2 is 1.78 bits per heavy atom. The fourth-order valence-corrected chi connectivity index (χ4v) is 3.48. The van der Waals surface area contributed by atoms with Gasteiger partial charge in [-0.25, -0.2) is 4.89 Å². The smallest absolute Gasteiger partial charge is 0.305 e. The van der Waals surface area contributed by atoms with Crippen molar-refractivity contribution >= 4 is 5.97 Å². The lowest BCUT2D eigenvalue weighted by atomic mass is 10.0. The third kappa shape index (κ3) is 9.31. The molecule has 1 N–H and O–H groups in total. The van der Waals surface area contributed by atoms with Crippen molar-refractivity contribution in [1.82, 2.24) is 0 Å². The zero-order chi connectivity index (χ0) is 16.9. The Hall–Kier alpha value is -0.610. The largest absolute Gasteiger partial charge is 0.469 e. The topological polar surface area (TPSA) is 55.8 Å². The van der Waals surface area contributed by atoms with E-state index in [1.54, 1.807) is 0 Å². The van der Waals surface area contributed by atoms with Crippen molar-refractivity contribution in [3.8, 4) is 0 Å². The van der Waals surface area contributed by atoms with Crippen molar-refractivity contribution in [1.29, 1.82) is 0 Å². The number of hydrogen-bond acceptors (Lipinski definition) is 4. The average Bonchev–Trinajstić information content (AvgIpc) is 3.33. The van der Waals surface area contributed by atoms with E-state index in [-0.39, 0.29) is 12.1 Å². The number of carbonyl (C=O) groups excluding carboxylic acids is 1. The predicted molar refractivity (Wildman–Crippen MR) is 92.2 cm³/mol. The van der Waals surface area contributed by atoms with Crippen molar-refractivity contribution in [3.05, 3.63) is 0 Å². The monoisotopic (exact) mass is 328 g/mol. The molecule has 1 aliphatic rings. The molecule has 0 spiro atoms. The molecule has 23 heavy (non-hydrogen) atoms. The van der Waals surface area contributed by atoms with Crippen LogP contribution in [0.15, 0.2) is 0 Å². The summed E-state index contributed by atoms with van der Waals surface area (Å²) >= 11 is 0. The molecule has 0 aromatic carbocycles. The second-order valence-corrected chi connectivity index (χ2v) is 7.04. The summed E-state index contributed by atoms with van der Waals surface area (Å²) in [6.07, 6.45) is 14.7. The first kappa shape index (κ1) is 20.4. The van der Waals surface area contributed by atoms with Gasteiger partial charge in [-0.1, -0.05) is 64.7 Å². The predicted octanol–water partition coefficient (Wildman–Crippen LogP) is 5.35. The molecule has 4 heteroatoms. The molecule has 3 atom stereocenters. The number of methoxy groups -OCH3 is 1. The Kier molecular flexibility index (Phi) is 11.3. The molecule has 4 nitrogen and oxygen atoms in total. The van der Waals surface area contributed by atoms with Gasteiger partial charge in [-0.15, -0.1) is 0 Å². The Morgan fingerprint density at radius 1 is 1.09 bits per heavy atom. The van der Waals surface area contributed by atoms with Crippen LogP contribution < -0.4 is 0 Å². The molecule has 0 amide bonds. The molecular formula is C19H36O4. The molecule has 0 aromatic heterocycles. The summed E-state index contributed by atoms with van der Waals surface area (Å²) in [5.41, 5.74) is 0. The van der Waals surface area contributed by atoms with Crippen LogP contribution in [0.5, 0.6) is 0 Å². The van der Waals surface area contributed by atoms with Gasteiger partial charge in [0.1, 0.15) is 0 Å². The van der Waals surface area contributed by atoms with Crippen molar-refractivity contribution < 1.29 is 19.7 Å². The Morgan fingerprint density at radius 3 is 2.48 bits per heavy atom. The molecule has 1 fully saturated rings. The fourth-order valence-electron chi connectivity index (χ4n) is 3.48. The van der Waals surface area contributed by atoms with E-state index in [2.05, 4.69) is 11.7 Å². The highest BCUT2D eigenvalue weighted by Gasteiger charge is 2.42. The molecule has 1 aliphatic carbocycles. The summed E-state index contributed by atoms with van der Waals surface area (Å²) in [6.45, 7) is 2.24. The van der Waals surface area contributed by atoms with Crippen LogP contribution in [0.1, 0.15) is 90.4 Å². The highest BCUT2D eigenvalue weighted by atomic mass is 17.1. The maximum atomic E-state index is 11.0. The van der Waals surface area contributed by atoms with E-state index in [1.807, 2.05) is 0 Å². The van der Waals surface area contributed by atoms with Gasteiger partial charge in [0, 0.05) is 6.42 Å². The molecule has 0 saturated heterocycles. The molecule has 0 aliphatic heterocycles. The van der Waals surface area contributed by atoms with Gasteiger partial charge < -0.3 is 4.74 Å². The molecule has 0 bridgehead atoms. The standard InChI is InChI=1S/C19H36O4/c1-3-4-5-9-12-16-15-17(16)18(23-21)13-10-7-6-8-11-14-19(20)22-2/h16-18,21H,3-15H2,1-2H3. The highest BCUT2D eigenvalue weighted by molar-refractivity contribution is 5.68. The van der Waals surface area contributed by atoms with Crippen molar-refractivity contribution in [3.63, 3.8) is 0 Å². The van der Waals surface area contributed by atoms with Crippen molar-refractivity contribution in [2.75, 3.05) is 7.11 Å². The SMILES string of the molecule is CCCCCCC1CC1C(CCCCCCCC(=O)OC)OO. The zero-order valence-electron chi connectivity index (χ0n) is 15.1. The van der Waals surface area contributed by atoms with Crippen LogP contribution in [0.3, 0.4) is 0 Å². The van der Waals surface area contributed by atoms with Crippen LogP contribution in [0.25, 0.3) is 0 Å². The summed E-state index contributed by atoms with van der Waals surface area (Å²) in [6, 6.07) is 0. The highest BCUT2D eigenvalue weighted by Crippen LogP contribution is 2.46. The lowest BCUT2D eigenvalue weighted by Crippen LogP contribution is -2.14. The summed E-state index contributed by atoms with van der Waals surface area (Å²) in [7, 11) is 1.44. The van der Waals surface area contributed by atoms with Gasteiger partial charge in [-0.2, -0.15) is 0 Å².